The van der Waals surface area contributed by atoms with E-state index in [0.29, 0.717) is 0 Å². The molecule has 1 saturated heterocycles. The summed E-state index contributed by atoms with van der Waals surface area (Å²) in [5.74, 6) is 0.852. The highest BCUT2D eigenvalue weighted by molar-refractivity contribution is 5.91. The van der Waals surface area contributed by atoms with Crippen LogP contribution >= 0.6 is 0 Å². The number of fused-ring (bicyclic) bond motifs is 1. The Bertz CT molecular complexity index is 1130. The molecule has 5 rings (SSSR count). The van der Waals surface area contributed by atoms with E-state index in [1.54, 1.807) is 6.33 Å². The van der Waals surface area contributed by atoms with E-state index in [1.165, 1.54) is 49.0 Å². The zero-order valence-corrected chi connectivity index (χ0v) is 18.0. The molecule has 1 aliphatic heterocycles. The number of H-pyrrole nitrogens is 1. The third kappa shape index (κ3) is 4.47. The van der Waals surface area contributed by atoms with Crippen LogP contribution in [0.1, 0.15) is 43.4 Å². The fourth-order valence-corrected chi connectivity index (χ4v) is 4.41. The first-order valence-corrected chi connectivity index (χ1v) is 11.2. The van der Waals surface area contributed by atoms with Crippen LogP contribution in [0.15, 0.2) is 67.0 Å². The van der Waals surface area contributed by atoms with Gasteiger partial charge in [-0.2, -0.15) is 0 Å². The number of hydrogen-bond donors (Lipinski definition) is 2. The number of nitrogens with one attached hydrogen (secondary N) is 2. The molecule has 0 aliphatic carbocycles. The molecule has 1 fully saturated rings. The standard InChI is InChI=1S/C26H29N5/c1-19(21-8-4-2-5-9-21)29-25-23-16-24(30-26(23)28-18-27-25)22-12-10-20(11-13-22)17-31-14-6-3-7-15-31/h2,4-5,8-13,16,18-19H,3,6-7,14-15,17H2,1H3,(H2,27,28,29,30). The van der Waals surface area contributed by atoms with Crippen molar-refractivity contribution in [2.24, 2.45) is 0 Å². The Balaban J connectivity index is 1.35. The predicted octanol–water partition coefficient (Wildman–Crippen LogP) is 5.78. The van der Waals surface area contributed by atoms with Gasteiger partial charge < -0.3 is 10.3 Å². The van der Waals surface area contributed by atoms with E-state index in [2.05, 4.69) is 86.7 Å². The molecule has 4 aromatic rings. The normalized spacial score (nSPS) is 15.8. The van der Waals surface area contributed by atoms with Crippen molar-refractivity contribution in [1.29, 1.82) is 0 Å². The molecule has 0 bridgehead atoms. The minimum Gasteiger partial charge on any atom is -0.363 e. The van der Waals surface area contributed by atoms with E-state index >= 15 is 0 Å². The van der Waals surface area contributed by atoms with Gasteiger partial charge in [0.25, 0.3) is 0 Å². The highest BCUT2D eigenvalue weighted by Gasteiger charge is 2.13. The van der Waals surface area contributed by atoms with Crippen molar-refractivity contribution >= 4 is 16.9 Å². The monoisotopic (exact) mass is 411 g/mol. The van der Waals surface area contributed by atoms with Gasteiger partial charge in [0.1, 0.15) is 17.8 Å². The Labute approximate surface area is 183 Å². The molecule has 2 aromatic carbocycles. The van der Waals surface area contributed by atoms with Crippen LogP contribution in [0.5, 0.6) is 0 Å². The average Bonchev–Trinajstić information content (AvgIpc) is 3.26. The summed E-state index contributed by atoms with van der Waals surface area (Å²) in [6.07, 6.45) is 5.64. The van der Waals surface area contributed by atoms with Crippen LogP contribution in [0.4, 0.5) is 5.82 Å². The maximum absolute atomic E-state index is 4.51. The summed E-state index contributed by atoms with van der Waals surface area (Å²) in [6.45, 7) is 5.64. The van der Waals surface area contributed by atoms with Gasteiger partial charge in [0, 0.05) is 18.3 Å². The number of aromatic nitrogens is 3. The third-order valence-electron chi connectivity index (χ3n) is 6.20. The van der Waals surface area contributed by atoms with Crippen LogP contribution in [0, 0.1) is 0 Å². The number of hydrogen-bond acceptors (Lipinski definition) is 4. The summed E-state index contributed by atoms with van der Waals surface area (Å²) >= 11 is 0. The summed E-state index contributed by atoms with van der Waals surface area (Å²) in [5.41, 5.74) is 5.69. The molecule has 1 aliphatic rings. The van der Waals surface area contributed by atoms with Gasteiger partial charge in [0.15, 0.2) is 0 Å². The largest absolute Gasteiger partial charge is 0.363 e. The number of benzene rings is 2. The first-order chi connectivity index (χ1) is 15.3. The number of piperidine rings is 1. The molecule has 31 heavy (non-hydrogen) atoms. The Morgan fingerprint density at radius 2 is 1.74 bits per heavy atom. The zero-order valence-electron chi connectivity index (χ0n) is 18.0. The van der Waals surface area contributed by atoms with E-state index in [0.717, 1.165) is 29.1 Å². The Morgan fingerprint density at radius 3 is 2.52 bits per heavy atom. The lowest BCUT2D eigenvalue weighted by molar-refractivity contribution is 0.221. The maximum Gasteiger partial charge on any atom is 0.143 e. The highest BCUT2D eigenvalue weighted by Crippen LogP contribution is 2.29. The SMILES string of the molecule is CC(Nc1ncnc2[nH]c(-c3ccc(CN4CCCCC4)cc3)cc12)c1ccccc1. The molecular weight excluding hydrogens is 382 g/mol. The van der Waals surface area contributed by atoms with E-state index in [1.807, 2.05) is 6.07 Å². The van der Waals surface area contributed by atoms with Crippen LogP contribution in [0.3, 0.4) is 0 Å². The summed E-state index contributed by atoms with van der Waals surface area (Å²) < 4.78 is 0. The third-order valence-corrected chi connectivity index (χ3v) is 6.20. The van der Waals surface area contributed by atoms with E-state index in [4.69, 9.17) is 0 Å². The lowest BCUT2D eigenvalue weighted by atomic mass is 10.1. The first kappa shape index (κ1) is 19.8. The van der Waals surface area contributed by atoms with Gasteiger partial charge >= 0.3 is 0 Å². The van der Waals surface area contributed by atoms with Gasteiger partial charge in [-0.1, -0.05) is 61.0 Å². The van der Waals surface area contributed by atoms with Crippen LogP contribution in [-0.2, 0) is 6.54 Å². The predicted molar refractivity (Wildman–Crippen MR) is 127 cm³/mol. The van der Waals surface area contributed by atoms with Crippen LogP contribution in [0.2, 0.25) is 0 Å². The number of nitrogens with zero attached hydrogens (tertiary/aromatic N) is 3. The van der Waals surface area contributed by atoms with E-state index < -0.39 is 0 Å². The van der Waals surface area contributed by atoms with Gasteiger partial charge in [-0.25, -0.2) is 9.97 Å². The molecule has 5 heteroatoms. The van der Waals surface area contributed by atoms with Gasteiger partial charge in [-0.3, -0.25) is 4.90 Å². The van der Waals surface area contributed by atoms with Crippen molar-refractivity contribution in [2.75, 3.05) is 18.4 Å². The topological polar surface area (TPSA) is 56.8 Å². The minimum atomic E-state index is 0.159. The zero-order chi connectivity index (χ0) is 21.0. The summed E-state index contributed by atoms with van der Waals surface area (Å²) in [6, 6.07) is 21.6. The van der Waals surface area contributed by atoms with Crippen molar-refractivity contribution in [2.45, 2.75) is 38.8 Å². The molecule has 0 saturated carbocycles. The second kappa shape index (κ2) is 8.90. The van der Waals surface area contributed by atoms with Crippen LogP contribution in [-0.4, -0.2) is 32.9 Å². The number of aromatic amines is 1. The molecule has 0 spiro atoms. The number of likely N-dealkylation sites (tertiary alicyclic amines) is 1. The highest BCUT2D eigenvalue weighted by atomic mass is 15.1. The first-order valence-electron chi connectivity index (χ1n) is 11.2. The molecule has 158 valence electrons. The van der Waals surface area contributed by atoms with Crippen molar-refractivity contribution in [3.8, 4) is 11.3 Å². The molecule has 2 aromatic heterocycles. The molecule has 5 nitrogen and oxygen atoms in total. The molecule has 0 radical (unpaired) electrons. The van der Waals surface area contributed by atoms with Crippen molar-refractivity contribution in [1.82, 2.24) is 19.9 Å². The van der Waals surface area contributed by atoms with Crippen molar-refractivity contribution in [3.05, 3.63) is 78.1 Å². The maximum atomic E-state index is 4.51. The summed E-state index contributed by atoms with van der Waals surface area (Å²) in [4.78, 5) is 15.0. The molecular formula is C26H29N5. The lowest BCUT2D eigenvalue weighted by Gasteiger charge is -2.26. The second-order valence-corrected chi connectivity index (χ2v) is 8.48. The van der Waals surface area contributed by atoms with Gasteiger partial charge in [0.05, 0.1) is 5.39 Å². The Kier molecular flexibility index (Phi) is 5.67. The smallest absolute Gasteiger partial charge is 0.143 e. The fourth-order valence-electron chi connectivity index (χ4n) is 4.41. The Hall–Kier alpha value is -3.18. The Morgan fingerprint density at radius 1 is 0.968 bits per heavy atom. The molecule has 2 N–H and O–H groups in total. The number of anilines is 1. The lowest BCUT2D eigenvalue weighted by Crippen LogP contribution is -2.28. The van der Waals surface area contributed by atoms with Gasteiger partial charge in [-0.15, -0.1) is 0 Å². The van der Waals surface area contributed by atoms with Gasteiger partial charge in [-0.05, 0) is 55.6 Å². The number of rotatable bonds is 6. The molecule has 3 heterocycles. The van der Waals surface area contributed by atoms with Crippen molar-refractivity contribution < 1.29 is 0 Å². The molecule has 1 atom stereocenters. The molecule has 0 amide bonds. The molecule has 1 unspecified atom stereocenters. The summed E-state index contributed by atoms with van der Waals surface area (Å²) in [7, 11) is 0. The van der Waals surface area contributed by atoms with E-state index in [-0.39, 0.29) is 6.04 Å². The summed E-state index contributed by atoms with van der Waals surface area (Å²) in [5, 5.41) is 4.56. The van der Waals surface area contributed by atoms with Gasteiger partial charge in [0.2, 0.25) is 0 Å². The minimum absolute atomic E-state index is 0.159. The van der Waals surface area contributed by atoms with Crippen LogP contribution < -0.4 is 5.32 Å². The van der Waals surface area contributed by atoms with Crippen LogP contribution in [0.25, 0.3) is 22.3 Å². The quantitative estimate of drug-likeness (QED) is 0.422. The van der Waals surface area contributed by atoms with E-state index in [9.17, 15) is 0 Å². The fraction of sp³-hybridized carbons (Fsp3) is 0.308. The van der Waals surface area contributed by atoms with Crippen molar-refractivity contribution in [3.63, 3.8) is 0 Å². The second-order valence-electron chi connectivity index (χ2n) is 8.48. The average molecular weight is 412 g/mol.